The Morgan fingerprint density at radius 1 is 0.582 bits per heavy atom. The summed E-state index contributed by atoms with van der Waals surface area (Å²) in [5.74, 6) is -0.449. The fourth-order valence-corrected chi connectivity index (χ4v) is 7.25. The van der Waals surface area contributed by atoms with Gasteiger partial charge in [0.25, 0.3) is 0 Å². The number of hydrogen-bond donors (Lipinski definition) is 1. The number of carboxylic acid groups (broad SMARTS) is 1. The van der Waals surface area contributed by atoms with Gasteiger partial charge >= 0.3 is 5.97 Å². The van der Waals surface area contributed by atoms with Gasteiger partial charge < -0.3 is 33.5 Å². The minimum absolute atomic E-state index is 0.206. The largest absolute Gasteiger partial charge is 0.496 e. The number of hydrogen-bond acceptors (Lipinski definition) is 7. The fourth-order valence-electron chi connectivity index (χ4n) is 7.25. The predicted molar refractivity (Wildman–Crippen MR) is 211 cm³/mol. The van der Waals surface area contributed by atoms with Crippen LogP contribution in [0.5, 0.6) is 5.75 Å². The molecule has 0 spiro atoms. The third kappa shape index (κ3) is 9.67. The van der Waals surface area contributed by atoms with E-state index in [1.165, 1.54) is 0 Å². The zero-order chi connectivity index (χ0) is 37.8. The summed E-state index contributed by atoms with van der Waals surface area (Å²) in [7, 11) is 1.57. The van der Waals surface area contributed by atoms with Crippen molar-refractivity contribution < 1.29 is 38.3 Å². The summed E-state index contributed by atoms with van der Waals surface area (Å²) >= 11 is 0. The second-order valence-corrected chi connectivity index (χ2v) is 13.7. The molecule has 1 fully saturated rings. The number of aliphatic carboxylic acids is 1. The molecular formula is C47H46O8. The van der Waals surface area contributed by atoms with Crippen molar-refractivity contribution in [3.63, 3.8) is 0 Å². The van der Waals surface area contributed by atoms with Crippen molar-refractivity contribution in [2.24, 2.45) is 0 Å². The molecule has 6 aromatic carbocycles. The normalized spacial score (nSPS) is 19.6. The Balaban J connectivity index is 1.34. The van der Waals surface area contributed by atoms with Gasteiger partial charge in [-0.3, -0.25) is 4.79 Å². The Kier molecular flexibility index (Phi) is 13.0. The quantitative estimate of drug-likeness (QED) is 0.0993. The molecule has 0 amide bonds. The van der Waals surface area contributed by atoms with E-state index in [4.69, 9.17) is 28.4 Å². The Morgan fingerprint density at radius 2 is 1.04 bits per heavy atom. The van der Waals surface area contributed by atoms with Gasteiger partial charge in [-0.05, 0) is 39.3 Å². The standard InChI is InChI=1S/C47H46O8/c1-50-43-37(27-42(48)49)26-40(38-24-14-15-25-39(38)43)44-46(53-30-35-20-10-4-11-21-35)47(54-31-36-22-12-5-13-23-36)45(52-29-34-18-8-3-9-19-34)41(55-44)32-51-28-33-16-6-2-7-17-33/h2-26,41,44-47H,27-32H2,1H3,(H,48,49). The van der Waals surface area contributed by atoms with Crippen LogP contribution in [-0.4, -0.2) is 49.2 Å². The van der Waals surface area contributed by atoms with Gasteiger partial charge in [0, 0.05) is 10.9 Å². The minimum atomic E-state index is -0.966. The lowest BCUT2D eigenvalue weighted by atomic mass is 9.86. The fraction of sp³-hybridized carbons (Fsp3) is 0.255. The van der Waals surface area contributed by atoms with E-state index in [-0.39, 0.29) is 19.6 Å². The van der Waals surface area contributed by atoms with E-state index >= 15 is 0 Å². The van der Waals surface area contributed by atoms with E-state index in [0.717, 1.165) is 38.6 Å². The molecule has 0 aliphatic carbocycles. The average molecular weight is 739 g/mol. The number of methoxy groups -OCH3 is 1. The smallest absolute Gasteiger partial charge is 0.307 e. The van der Waals surface area contributed by atoms with E-state index in [1.807, 2.05) is 152 Å². The highest BCUT2D eigenvalue weighted by Gasteiger charge is 2.49. The molecule has 0 radical (unpaired) electrons. The second kappa shape index (κ2) is 18.8. The minimum Gasteiger partial charge on any atom is -0.496 e. The molecule has 0 saturated carbocycles. The number of carboxylic acids is 1. The summed E-state index contributed by atoms with van der Waals surface area (Å²) in [5.41, 5.74) is 5.35. The lowest BCUT2D eigenvalue weighted by Gasteiger charge is -2.46. The molecule has 1 aliphatic heterocycles. The molecule has 1 saturated heterocycles. The van der Waals surface area contributed by atoms with Crippen LogP contribution in [0.1, 0.15) is 39.5 Å². The van der Waals surface area contributed by atoms with Gasteiger partial charge in [0.2, 0.25) is 0 Å². The lowest BCUT2D eigenvalue weighted by Crippen LogP contribution is -2.58. The third-order valence-electron chi connectivity index (χ3n) is 9.84. The summed E-state index contributed by atoms with van der Waals surface area (Å²) in [6.07, 6.45) is -3.48. The Morgan fingerprint density at radius 3 is 1.55 bits per heavy atom. The van der Waals surface area contributed by atoms with Crippen LogP contribution in [-0.2, 0) is 61.3 Å². The van der Waals surface area contributed by atoms with Crippen molar-refractivity contribution in [3.05, 3.63) is 185 Å². The van der Waals surface area contributed by atoms with Crippen LogP contribution in [0.25, 0.3) is 10.8 Å². The molecular weight excluding hydrogens is 693 g/mol. The molecule has 55 heavy (non-hydrogen) atoms. The second-order valence-electron chi connectivity index (χ2n) is 13.7. The van der Waals surface area contributed by atoms with E-state index in [9.17, 15) is 9.90 Å². The van der Waals surface area contributed by atoms with E-state index in [1.54, 1.807) is 7.11 Å². The summed E-state index contributed by atoms with van der Waals surface area (Å²) < 4.78 is 40.2. The number of ether oxygens (including phenoxy) is 6. The van der Waals surface area contributed by atoms with Gasteiger partial charge in [0.1, 0.15) is 36.3 Å². The molecule has 5 atom stereocenters. The molecule has 6 aromatic rings. The molecule has 5 unspecified atom stereocenters. The zero-order valence-corrected chi connectivity index (χ0v) is 30.9. The maximum Gasteiger partial charge on any atom is 0.307 e. The highest BCUT2D eigenvalue weighted by Crippen LogP contribution is 2.44. The summed E-state index contributed by atoms with van der Waals surface area (Å²) in [6.45, 7) is 1.50. The summed E-state index contributed by atoms with van der Waals surface area (Å²) in [5, 5.41) is 11.6. The van der Waals surface area contributed by atoms with Crippen molar-refractivity contribution in [1.29, 1.82) is 0 Å². The van der Waals surface area contributed by atoms with Crippen LogP contribution in [0.15, 0.2) is 152 Å². The Hall–Kier alpha value is -5.35. The van der Waals surface area contributed by atoms with E-state index in [2.05, 4.69) is 0 Å². The van der Waals surface area contributed by atoms with Gasteiger partial charge in [-0.15, -0.1) is 0 Å². The maximum absolute atomic E-state index is 12.2. The molecule has 7 rings (SSSR count). The first-order valence-electron chi connectivity index (χ1n) is 18.6. The lowest BCUT2D eigenvalue weighted by molar-refractivity contribution is -0.274. The number of rotatable bonds is 17. The van der Waals surface area contributed by atoms with Crippen LogP contribution in [0, 0.1) is 0 Å². The highest BCUT2D eigenvalue weighted by molar-refractivity contribution is 5.93. The van der Waals surface area contributed by atoms with Crippen molar-refractivity contribution in [2.45, 2.75) is 63.4 Å². The van der Waals surface area contributed by atoms with Crippen molar-refractivity contribution in [2.75, 3.05) is 13.7 Å². The zero-order valence-electron chi connectivity index (χ0n) is 30.9. The Labute approximate surface area is 322 Å². The first kappa shape index (κ1) is 37.9. The molecule has 0 aromatic heterocycles. The monoisotopic (exact) mass is 738 g/mol. The molecule has 0 bridgehead atoms. The summed E-state index contributed by atoms with van der Waals surface area (Å²) in [6, 6.07) is 49.8. The van der Waals surface area contributed by atoms with Gasteiger partial charge in [0.05, 0.1) is 46.6 Å². The van der Waals surface area contributed by atoms with E-state index in [0.29, 0.717) is 31.1 Å². The summed E-state index contributed by atoms with van der Waals surface area (Å²) in [4.78, 5) is 12.2. The van der Waals surface area contributed by atoms with Crippen LogP contribution < -0.4 is 4.74 Å². The van der Waals surface area contributed by atoms with Crippen molar-refractivity contribution >= 4 is 16.7 Å². The maximum atomic E-state index is 12.2. The van der Waals surface area contributed by atoms with Gasteiger partial charge in [-0.1, -0.05) is 146 Å². The SMILES string of the molecule is COc1c(CC(=O)O)cc(C2OC(COCc3ccccc3)C(OCc3ccccc3)C(OCc3ccccc3)C2OCc2ccccc2)c2ccccc12. The number of benzene rings is 6. The van der Waals surface area contributed by atoms with Crippen molar-refractivity contribution in [3.8, 4) is 5.75 Å². The van der Waals surface area contributed by atoms with Crippen molar-refractivity contribution in [1.82, 2.24) is 0 Å². The molecule has 1 aliphatic rings. The van der Waals surface area contributed by atoms with Gasteiger partial charge in [-0.25, -0.2) is 0 Å². The predicted octanol–water partition coefficient (Wildman–Crippen LogP) is 8.89. The third-order valence-corrected chi connectivity index (χ3v) is 9.84. The van der Waals surface area contributed by atoms with Crippen LogP contribution >= 0.6 is 0 Å². The van der Waals surface area contributed by atoms with Crippen LogP contribution in [0.4, 0.5) is 0 Å². The number of fused-ring (bicyclic) bond motifs is 1. The van der Waals surface area contributed by atoms with Crippen LogP contribution in [0.2, 0.25) is 0 Å². The Bertz CT molecular complexity index is 2090. The average Bonchev–Trinajstić information content (AvgIpc) is 3.22. The first-order chi connectivity index (χ1) is 27.1. The van der Waals surface area contributed by atoms with E-state index < -0.39 is 36.5 Å². The molecule has 282 valence electrons. The molecule has 8 heteroatoms. The molecule has 1 N–H and O–H groups in total. The van der Waals surface area contributed by atoms with Gasteiger partial charge in [0.15, 0.2) is 0 Å². The highest BCUT2D eigenvalue weighted by atomic mass is 16.6. The topological polar surface area (TPSA) is 92.7 Å². The number of carbonyl (C=O) groups is 1. The van der Waals surface area contributed by atoms with Crippen LogP contribution in [0.3, 0.4) is 0 Å². The van der Waals surface area contributed by atoms with Gasteiger partial charge in [-0.2, -0.15) is 0 Å². The molecule has 1 heterocycles. The first-order valence-corrected chi connectivity index (χ1v) is 18.6. The molecule has 8 nitrogen and oxygen atoms in total.